The molecule has 17 heteroatoms. The summed E-state index contributed by atoms with van der Waals surface area (Å²) in [7, 11) is -2.30. The average Bonchev–Trinajstić information content (AvgIpc) is 3.39. The molecule has 55 heavy (non-hydrogen) atoms. The molecule has 1 aliphatic rings. The molecule has 1 aromatic heterocycles. The van der Waals surface area contributed by atoms with Crippen LogP contribution in [0, 0.1) is 10.8 Å². The van der Waals surface area contributed by atoms with E-state index in [2.05, 4.69) is 11.9 Å². The second kappa shape index (κ2) is 26.2. The van der Waals surface area contributed by atoms with Crippen LogP contribution in [0.25, 0.3) is 0 Å². The Morgan fingerprint density at radius 2 is 1.31 bits per heavy atom. The lowest BCUT2D eigenvalue weighted by Gasteiger charge is -2.22. The highest BCUT2D eigenvalue weighted by Gasteiger charge is 2.52. The molecule has 1 aliphatic heterocycles. The van der Waals surface area contributed by atoms with Gasteiger partial charge in [-0.15, -0.1) is 0 Å². The van der Waals surface area contributed by atoms with Crippen LogP contribution in [0.4, 0.5) is 14.6 Å². The van der Waals surface area contributed by atoms with Gasteiger partial charge in [-0.25, -0.2) is 13.6 Å². The van der Waals surface area contributed by atoms with Crippen molar-refractivity contribution in [3.63, 3.8) is 0 Å². The van der Waals surface area contributed by atoms with Gasteiger partial charge >= 0.3 is 32.2 Å². The smallest absolute Gasteiger partial charge is 0.351 e. The largest absolute Gasteiger partial charge is 0.481 e. The summed E-state index contributed by atoms with van der Waals surface area (Å²) in [5, 5.41) is 8.50. The van der Waals surface area contributed by atoms with Crippen molar-refractivity contribution in [3.05, 3.63) is 22.7 Å². The number of aliphatic carboxylic acids is 1. The lowest BCUT2D eigenvalue weighted by atomic mass is 9.98. The third kappa shape index (κ3) is 22.5. The molecule has 0 saturated carbocycles. The third-order valence-electron chi connectivity index (χ3n) is 8.32. The van der Waals surface area contributed by atoms with Crippen molar-refractivity contribution in [1.82, 2.24) is 9.55 Å². The molecule has 2 heterocycles. The number of nitrogens with zero attached hydrogens (tertiary/aromatic N) is 2. The van der Waals surface area contributed by atoms with Crippen molar-refractivity contribution in [1.29, 1.82) is 0 Å². The minimum atomic E-state index is -3.41. The average molecular weight is 810 g/mol. The number of anilines is 1. The summed E-state index contributed by atoms with van der Waals surface area (Å²) in [6.45, 7) is 10.6. The van der Waals surface area contributed by atoms with E-state index in [4.69, 9.17) is 38.6 Å². The van der Waals surface area contributed by atoms with Crippen molar-refractivity contribution in [3.8, 4) is 0 Å². The monoisotopic (exact) mass is 809 g/mol. The summed E-state index contributed by atoms with van der Waals surface area (Å²) in [6, 6.07) is 1.20. The van der Waals surface area contributed by atoms with E-state index < -0.39 is 87.9 Å². The third-order valence-corrected chi connectivity index (χ3v) is 9.31. The van der Waals surface area contributed by atoms with Crippen LogP contribution < -0.4 is 11.4 Å². The van der Waals surface area contributed by atoms with Crippen LogP contribution in [0.15, 0.2) is 17.1 Å². The number of nitrogens with two attached hydrogens (primary N) is 1. The number of nitrogen functional groups attached to an aromatic ring is 1. The summed E-state index contributed by atoms with van der Waals surface area (Å²) >= 11 is 0. The zero-order chi connectivity index (χ0) is 41.5. The molecule has 0 aromatic carbocycles. The molecule has 0 bridgehead atoms. The van der Waals surface area contributed by atoms with Gasteiger partial charge in [0, 0.05) is 19.0 Å². The number of esters is 2. The lowest BCUT2D eigenvalue weighted by Crippen LogP contribution is -2.35. The first kappa shape index (κ1) is 50.2. The standard InChI is InChI=1S/C21H32F2N3O9P.C17H34O2/c1-19(2,3)16(27)30-11-33-36(34-12-31-17(28)20(4,5)6)32-10-13-9-21(22,23)15(35-13)26-8-7-14(24)25-18(26)29;1-2-3-4-5-6-7-8-9-10-11-12-13-14-15-16-17(18)19/h7-8,13,15H,9-12H2,1-6H3,(H2,24,25,29);2-16H2,1H3,(H,18,19). The maximum absolute atomic E-state index is 14.6. The molecule has 2 atom stereocenters. The van der Waals surface area contributed by atoms with Crippen LogP contribution in [-0.2, 0) is 42.2 Å². The van der Waals surface area contributed by atoms with Gasteiger partial charge in [0.25, 0.3) is 5.92 Å². The van der Waals surface area contributed by atoms with Crippen LogP contribution in [-0.4, -0.2) is 64.8 Å². The highest BCUT2D eigenvalue weighted by Crippen LogP contribution is 2.45. The van der Waals surface area contributed by atoms with E-state index in [0.717, 1.165) is 19.0 Å². The molecular formula is C38H66F2N3O11P. The fourth-order valence-electron chi connectivity index (χ4n) is 5.11. The molecule has 1 aromatic rings. The van der Waals surface area contributed by atoms with Gasteiger partial charge in [-0.1, -0.05) is 90.4 Å². The van der Waals surface area contributed by atoms with Gasteiger partial charge in [-0.3, -0.25) is 28.0 Å². The van der Waals surface area contributed by atoms with Crippen molar-refractivity contribution in [2.24, 2.45) is 10.8 Å². The molecule has 318 valence electrons. The summed E-state index contributed by atoms with van der Waals surface area (Å²) in [5.41, 5.74) is 2.84. The van der Waals surface area contributed by atoms with E-state index in [1.807, 2.05) is 0 Å². The Morgan fingerprint density at radius 3 is 1.73 bits per heavy atom. The maximum Gasteiger partial charge on any atom is 0.351 e. The Bertz CT molecular complexity index is 1290. The van der Waals surface area contributed by atoms with E-state index in [1.165, 1.54) is 83.1 Å². The first-order chi connectivity index (χ1) is 25.8. The Hall–Kier alpha value is -2.78. The number of hydrogen-bond acceptors (Lipinski definition) is 12. The highest BCUT2D eigenvalue weighted by molar-refractivity contribution is 7.41. The number of aromatic nitrogens is 2. The van der Waals surface area contributed by atoms with Crippen molar-refractivity contribution < 1.29 is 56.1 Å². The lowest BCUT2D eigenvalue weighted by molar-refractivity contribution is -0.162. The summed E-state index contributed by atoms with van der Waals surface area (Å²) in [6.07, 6.45) is 16.0. The topological polar surface area (TPSA) is 188 Å². The number of carbonyl (C=O) groups is 3. The summed E-state index contributed by atoms with van der Waals surface area (Å²) < 4.78 is 61.2. The molecule has 0 radical (unpaired) electrons. The van der Waals surface area contributed by atoms with Gasteiger partial charge in [-0.2, -0.15) is 4.98 Å². The molecule has 14 nitrogen and oxygen atoms in total. The first-order valence-electron chi connectivity index (χ1n) is 19.4. The van der Waals surface area contributed by atoms with Gasteiger partial charge in [0.2, 0.25) is 19.8 Å². The van der Waals surface area contributed by atoms with E-state index in [9.17, 15) is 28.0 Å². The number of carboxylic acids is 1. The van der Waals surface area contributed by atoms with E-state index in [0.29, 0.717) is 11.0 Å². The molecule has 2 rings (SSSR count). The van der Waals surface area contributed by atoms with E-state index in [-0.39, 0.29) is 5.82 Å². The number of rotatable bonds is 25. The van der Waals surface area contributed by atoms with Crippen molar-refractivity contribution >= 4 is 32.3 Å². The maximum atomic E-state index is 14.6. The molecule has 1 saturated heterocycles. The molecule has 3 N–H and O–H groups in total. The van der Waals surface area contributed by atoms with Gasteiger partial charge in [0.15, 0.2) is 0 Å². The second-order valence-corrected chi connectivity index (χ2v) is 17.0. The van der Waals surface area contributed by atoms with Gasteiger partial charge in [-0.05, 0) is 54.0 Å². The Labute approximate surface area is 326 Å². The minimum Gasteiger partial charge on any atom is -0.481 e. The number of halogens is 2. The zero-order valence-electron chi connectivity index (χ0n) is 33.9. The molecule has 1 fully saturated rings. The Balaban J connectivity index is 0.000000673. The van der Waals surface area contributed by atoms with Gasteiger partial charge in [0.1, 0.15) is 5.82 Å². The van der Waals surface area contributed by atoms with Crippen LogP contribution in [0.3, 0.4) is 0 Å². The Kier molecular flexibility index (Phi) is 23.9. The minimum absolute atomic E-state index is 0.114. The number of hydrogen-bond donors (Lipinski definition) is 2. The fourth-order valence-corrected chi connectivity index (χ4v) is 5.90. The SMILES string of the molecule is CC(C)(C)C(=O)OCOP(OCOC(=O)C(C)(C)C)OCC1CC(F)(F)C(n2ccc(N)nc2=O)O1.CCCCCCCCCCCCCCCCC(=O)O. The van der Waals surface area contributed by atoms with Crippen molar-refractivity contribution in [2.45, 2.75) is 169 Å². The second-order valence-electron chi connectivity index (χ2n) is 15.7. The molecule has 0 spiro atoms. The van der Waals surface area contributed by atoms with E-state index in [1.54, 1.807) is 41.5 Å². The predicted octanol–water partition coefficient (Wildman–Crippen LogP) is 9.06. The quantitative estimate of drug-likeness (QED) is 0.0412. The van der Waals surface area contributed by atoms with Crippen LogP contribution in [0.5, 0.6) is 0 Å². The number of unbranched alkanes of at least 4 members (excludes halogenated alkanes) is 13. The zero-order valence-corrected chi connectivity index (χ0v) is 34.8. The van der Waals surface area contributed by atoms with Gasteiger partial charge < -0.3 is 29.6 Å². The molecular weight excluding hydrogens is 743 g/mol. The van der Waals surface area contributed by atoms with Crippen LogP contribution >= 0.6 is 8.60 Å². The summed E-state index contributed by atoms with van der Waals surface area (Å²) in [5.74, 6) is -5.29. The number of ether oxygens (including phenoxy) is 3. The number of alkyl halides is 2. The summed E-state index contributed by atoms with van der Waals surface area (Å²) in [4.78, 5) is 49.6. The highest BCUT2D eigenvalue weighted by atomic mass is 31.2. The predicted molar refractivity (Wildman–Crippen MR) is 205 cm³/mol. The first-order valence-corrected chi connectivity index (χ1v) is 20.5. The molecule has 2 unspecified atom stereocenters. The van der Waals surface area contributed by atoms with Crippen molar-refractivity contribution in [2.75, 3.05) is 25.9 Å². The number of carbonyl (C=O) groups excluding carboxylic acids is 2. The van der Waals surface area contributed by atoms with Gasteiger partial charge in [0.05, 0.1) is 23.5 Å². The fraction of sp³-hybridized carbons (Fsp3) is 0.816. The number of carboxylic acid groups (broad SMARTS) is 1. The molecule has 0 amide bonds. The molecule has 0 aliphatic carbocycles. The Morgan fingerprint density at radius 1 is 0.855 bits per heavy atom. The van der Waals surface area contributed by atoms with E-state index >= 15 is 0 Å². The van der Waals surface area contributed by atoms with Crippen LogP contribution in [0.1, 0.15) is 157 Å². The normalized spacial score (nSPS) is 16.8. The van der Waals surface area contributed by atoms with Crippen LogP contribution in [0.2, 0.25) is 0 Å².